The lowest BCUT2D eigenvalue weighted by atomic mass is 10.1. The topological polar surface area (TPSA) is 57.5 Å². The fraction of sp³-hybridized carbons (Fsp3) is 0.182. The van der Waals surface area contributed by atoms with Crippen molar-refractivity contribution in [2.45, 2.75) is 13.8 Å². The summed E-state index contributed by atoms with van der Waals surface area (Å²) >= 11 is 3.43. The van der Waals surface area contributed by atoms with E-state index in [1.54, 1.807) is 24.5 Å². The Balaban J connectivity index is 2.31. The summed E-state index contributed by atoms with van der Waals surface area (Å²) in [6.07, 6.45) is 0. The Bertz CT molecular complexity index is 978. The van der Waals surface area contributed by atoms with Crippen LogP contribution in [0.4, 0.5) is 0 Å². The summed E-state index contributed by atoms with van der Waals surface area (Å²) in [5.41, 5.74) is 2.64. The molecule has 0 aliphatic heterocycles. The number of nitrogens with zero attached hydrogens (tertiary/aromatic N) is 1. The number of carbonyl (C=O) groups excluding carboxylic acids is 2. The van der Waals surface area contributed by atoms with Gasteiger partial charge in [-0.25, -0.2) is 9.59 Å². The number of halogens is 1. The van der Waals surface area contributed by atoms with E-state index in [0.29, 0.717) is 5.69 Å². The molecule has 0 aliphatic carbocycles. The number of carbonyl (C=O) groups is 2. The number of hydrogen-bond acceptors (Lipinski definition) is 4. The van der Waals surface area contributed by atoms with Gasteiger partial charge in [0.05, 0.1) is 24.5 Å². The SMILES string of the molecule is CCOC(=O)c1cc(-c2ccc(Br)cc2)n(-c2ccccc2)c1C(=O)OCC. The van der Waals surface area contributed by atoms with Gasteiger partial charge in [-0.3, -0.25) is 0 Å². The van der Waals surface area contributed by atoms with E-state index in [1.165, 1.54) is 0 Å². The van der Waals surface area contributed by atoms with E-state index in [-0.39, 0.29) is 24.5 Å². The molecule has 0 amide bonds. The van der Waals surface area contributed by atoms with Gasteiger partial charge in [-0.1, -0.05) is 46.3 Å². The second-order valence-corrected chi connectivity index (χ2v) is 6.83. The van der Waals surface area contributed by atoms with Crippen molar-refractivity contribution in [2.24, 2.45) is 0 Å². The summed E-state index contributed by atoms with van der Waals surface area (Å²) in [4.78, 5) is 25.4. The summed E-state index contributed by atoms with van der Waals surface area (Å²) in [7, 11) is 0. The largest absolute Gasteiger partial charge is 0.462 e. The second-order valence-electron chi connectivity index (χ2n) is 5.91. The van der Waals surface area contributed by atoms with Crippen LogP contribution in [0.15, 0.2) is 65.1 Å². The van der Waals surface area contributed by atoms with Gasteiger partial charge >= 0.3 is 11.9 Å². The maximum Gasteiger partial charge on any atom is 0.356 e. The van der Waals surface area contributed by atoms with Gasteiger partial charge in [-0.15, -0.1) is 0 Å². The van der Waals surface area contributed by atoms with Gasteiger partial charge in [-0.05, 0) is 49.7 Å². The first-order chi connectivity index (χ1) is 13.6. The lowest BCUT2D eigenvalue weighted by Crippen LogP contribution is -2.17. The molecule has 0 fully saturated rings. The third-order valence-electron chi connectivity index (χ3n) is 4.12. The van der Waals surface area contributed by atoms with E-state index >= 15 is 0 Å². The van der Waals surface area contributed by atoms with Gasteiger partial charge in [0.25, 0.3) is 0 Å². The molecule has 0 atom stereocenters. The number of aromatic nitrogens is 1. The van der Waals surface area contributed by atoms with Crippen LogP contribution in [-0.2, 0) is 9.47 Å². The lowest BCUT2D eigenvalue weighted by Gasteiger charge is -2.14. The number of rotatable bonds is 6. The Hall–Kier alpha value is -2.86. The van der Waals surface area contributed by atoms with Gasteiger partial charge in [0.2, 0.25) is 0 Å². The molecule has 0 saturated heterocycles. The van der Waals surface area contributed by atoms with Gasteiger partial charge < -0.3 is 14.0 Å². The maximum absolute atomic E-state index is 12.8. The molecule has 0 bridgehead atoms. The van der Waals surface area contributed by atoms with E-state index < -0.39 is 11.9 Å². The van der Waals surface area contributed by atoms with Crippen molar-refractivity contribution in [1.29, 1.82) is 0 Å². The molecule has 0 saturated carbocycles. The Morgan fingerprint density at radius 3 is 2.11 bits per heavy atom. The molecular formula is C22H20BrNO4. The predicted octanol–water partition coefficient (Wildman–Crippen LogP) is 5.26. The summed E-state index contributed by atoms with van der Waals surface area (Å²) in [5, 5.41) is 0. The van der Waals surface area contributed by atoms with E-state index in [9.17, 15) is 9.59 Å². The molecule has 144 valence electrons. The van der Waals surface area contributed by atoms with Crippen LogP contribution in [0.3, 0.4) is 0 Å². The molecule has 0 aliphatic rings. The molecule has 1 aromatic heterocycles. The predicted molar refractivity (Wildman–Crippen MR) is 111 cm³/mol. The molecule has 1 heterocycles. The summed E-state index contributed by atoms with van der Waals surface area (Å²) in [6.45, 7) is 3.87. The highest BCUT2D eigenvalue weighted by Crippen LogP contribution is 2.31. The van der Waals surface area contributed by atoms with Crippen molar-refractivity contribution >= 4 is 27.9 Å². The smallest absolute Gasteiger partial charge is 0.356 e. The molecule has 3 aromatic rings. The van der Waals surface area contributed by atoms with Crippen molar-refractivity contribution < 1.29 is 19.1 Å². The van der Waals surface area contributed by atoms with Crippen molar-refractivity contribution in [3.8, 4) is 16.9 Å². The van der Waals surface area contributed by atoms with E-state index in [4.69, 9.17) is 9.47 Å². The van der Waals surface area contributed by atoms with Crippen LogP contribution in [-0.4, -0.2) is 29.7 Å². The van der Waals surface area contributed by atoms with Crippen molar-refractivity contribution in [3.05, 3.63) is 76.4 Å². The quantitative estimate of drug-likeness (QED) is 0.489. The minimum absolute atomic E-state index is 0.157. The highest BCUT2D eigenvalue weighted by Gasteiger charge is 2.28. The molecule has 2 aromatic carbocycles. The van der Waals surface area contributed by atoms with Crippen molar-refractivity contribution in [3.63, 3.8) is 0 Å². The lowest BCUT2D eigenvalue weighted by molar-refractivity contribution is 0.0473. The normalized spacial score (nSPS) is 10.5. The molecule has 0 N–H and O–H groups in total. The summed E-state index contributed by atoms with van der Waals surface area (Å²) in [5.74, 6) is -1.13. The number of hydrogen-bond donors (Lipinski definition) is 0. The monoisotopic (exact) mass is 441 g/mol. The third kappa shape index (κ3) is 4.02. The van der Waals surface area contributed by atoms with Gasteiger partial charge in [0.1, 0.15) is 5.69 Å². The minimum atomic E-state index is -0.572. The molecule has 0 spiro atoms. The zero-order valence-corrected chi connectivity index (χ0v) is 17.2. The summed E-state index contributed by atoms with van der Waals surface area (Å²) < 4.78 is 13.1. The van der Waals surface area contributed by atoms with Crippen LogP contribution in [0.25, 0.3) is 16.9 Å². The summed E-state index contributed by atoms with van der Waals surface area (Å²) in [6, 6.07) is 18.7. The average Bonchev–Trinajstić information content (AvgIpc) is 3.10. The molecule has 5 nitrogen and oxygen atoms in total. The van der Waals surface area contributed by atoms with Crippen LogP contribution in [0.2, 0.25) is 0 Å². The molecule has 6 heteroatoms. The number of para-hydroxylation sites is 1. The fourth-order valence-electron chi connectivity index (χ4n) is 2.95. The zero-order valence-electron chi connectivity index (χ0n) is 15.6. The number of ether oxygens (including phenoxy) is 2. The zero-order chi connectivity index (χ0) is 20.1. The first-order valence-corrected chi connectivity index (χ1v) is 9.77. The van der Waals surface area contributed by atoms with E-state index in [2.05, 4.69) is 15.9 Å². The Labute approximate surface area is 172 Å². The second kappa shape index (κ2) is 8.89. The van der Waals surface area contributed by atoms with Crippen molar-refractivity contribution in [2.75, 3.05) is 13.2 Å². The fourth-order valence-corrected chi connectivity index (χ4v) is 3.22. The average molecular weight is 442 g/mol. The molecule has 28 heavy (non-hydrogen) atoms. The van der Waals surface area contributed by atoms with Crippen molar-refractivity contribution in [1.82, 2.24) is 4.57 Å². The number of esters is 2. The Morgan fingerprint density at radius 2 is 1.50 bits per heavy atom. The highest BCUT2D eigenvalue weighted by atomic mass is 79.9. The highest BCUT2D eigenvalue weighted by molar-refractivity contribution is 9.10. The number of benzene rings is 2. The van der Waals surface area contributed by atoms with Crippen LogP contribution in [0.1, 0.15) is 34.7 Å². The van der Waals surface area contributed by atoms with Crippen LogP contribution in [0, 0.1) is 0 Å². The first-order valence-electron chi connectivity index (χ1n) is 8.98. The van der Waals surface area contributed by atoms with Gasteiger partial charge in [0, 0.05) is 10.2 Å². The van der Waals surface area contributed by atoms with Gasteiger partial charge in [0.15, 0.2) is 0 Å². The van der Waals surface area contributed by atoms with E-state index in [0.717, 1.165) is 15.7 Å². The molecule has 0 radical (unpaired) electrons. The van der Waals surface area contributed by atoms with E-state index in [1.807, 2.05) is 54.6 Å². The minimum Gasteiger partial charge on any atom is -0.462 e. The van der Waals surface area contributed by atoms with Crippen LogP contribution < -0.4 is 0 Å². The maximum atomic E-state index is 12.8. The molecular weight excluding hydrogens is 422 g/mol. The van der Waals surface area contributed by atoms with Crippen LogP contribution >= 0.6 is 15.9 Å². The third-order valence-corrected chi connectivity index (χ3v) is 4.65. The Kier molecular flexibility index (Phi) is 6.31. The molecule has 3 rings (SSSR count). The molecule has 0 unspecified atom stereocenters. The van der Waals surface area contributed by atoms with Gasteiger partial charge in [-0.2, -0.15) is 0 Å². The standard InChI is InChI=1S/C22H20BrNO4/c1-3-27-21(25)18-14-19(15-10-12-16(23)13-11-15)24(17-8-6-5-7-9-17)20(18)22(26)28-4-2/h5-14H,3-4H2,1-2H3. The Morgan fingerprint density at radius 1 is 0.893 bits per heavy atom. The first kappa shape index (κ1) is 19.9. The van der Waals surface area contributed by atoms with Crippen LogP contribution in [0.5, 0.6) is 0 Å².